The van der Waals surface area contributed by atoms with E-state index in [1.54, 1.807) is 23.5 Å². The molecule has 0 unspecified atom stereocenters. The highest BCUT2D eigenvalue weighted by Gasteiger charge is 2.17. The summed E-state index contributed by atoms with van der Waals surface area (Å²) in [6.07, 6.45) is 0. The lowest BCUT2D eigenvalue weighted by molar-refractivity contribution is 0.635. The Hall–Kier alpha value is -4.93. The normalized spacial score (nSPS) is 12.1. The number of rotatable bonds is 2. The van der Waals surface area contributed by atoms with Gasteiger partial charge in [-0.2, -0.15) is 0 Å². The summed E-state index contributed by atoms with van der Waals surface area (Å²) < 4.78 is 22.2. The van der Waals surface area contributed by atoms with Gasteiger partial charge in [-0.05, 0) is 60.7 Å². The first-order valence-electron chi connectivity index (χ1n) is 13.4. The maximum atomic E-state index is 15.3. The SMILES string of the molecule is Fc1cccc2c3ccccc3n(-c3ccc4sc5ccc(-n6c7ccccc7c7ccccc76)cc5c4c3)c12. The van der Waals surface area contributed by atoms with E-state index in [1.807, 2.05) is 18.2 Å². The Morgan fingerprint density at radius 3 is 1.50 bits per heavy atom. The number of aromatic nitrogens is 2. The van der Waals surface area contributed by atoms with Gasteiger partial charge in [0.15, 0.2) is 0 Å². The number of halogens is 1. The van der Waals surface area contributed by atoms with Crippen LogP contribution >= 0.6 is 11.3 Å². The van der Waals surface area contributed by atoms with Crippen molar-refractivity contribution < 1.29 is 4.39 Å². The lowest BCUT2D eigenvalue weighted by Gasteiger charge is -2.10. The van der Waals surface area contributed by atoms with Crippen LogP contribution in [-0.2, 0) is 0 Å². The van der Waals surface area contributed by atoms with Gasteiger partial charge < -0.3 is 9.13 Å². The number of hydrogen-bond donors (Lipinski definition) is 0. The smallest absolute Gasteiger partial charge is 0.147 e. The molecule has 6 aromatic carbocycles. The standard InChI is InChI=1S/C36H21FN2S/c37-30-12-7-11-27-26-10-3-6-15-33(26)39(36(27)30)23-17-19-35-29(21-23)28-20-22(16-18-34(28)40-35)38-31-13-4-1-8-24(31)25-9-2-5-14-32(25)38/h1-21H. The number of nitrogens with zero attached hydrogens (tertiary/aromatic N) is 2. The van der Waals surface area contributed by atoms with Crippen LogP contribution in [0.4, 0.5) is 4.39 Å². The summed E-state index contributed by atoms with van der Waals surface area (Å²) in [6.45, 7) is 0. The lowest BCUT2D eigenvalue weighted by Crippen LogP contribution is -1.95. The van der Waals surface area contributed by atoms with Crippen molar-refractivity contribution in [2.24, 2.45) is 0 Å². The summed E-state index contributed by atoms with van der Waals surface area (Å²) in [4.78, 5) is 0. The Kier molecular flexibility index (Phi) is 4.41. The minimum atomic E-state index is -0.211. The Balaban J connectivity index is 1.33. The minimum absolute atomic E-state index is 0.211. The molecule has 0 atom stereocenters. The highest BCUT2D eigenvalue weighted by Crippen LogP contribution is 2.40. The van der Waals surface area contributed by atoms with Crippen LogP contribution < -0.4 is 0 Å². The summed E-state index contributed by atoms with van der Waals surface area (Å²) in [5.41, 5.74) is 6.12. The van der Waals surface area contributed by atoms with Gasteiger partial charge in [-0.15, -0.1) is 11.3 Å². The second-order valence-electron chi connectivity index (χ2n) is 10.3. The summed E-state index contributed by atoms with van der Waals surface area (Å²) in [5, 5.41) is 6.89. The van der Waals surface area contributed by atoms with Crippen LogP contribution in [0.3, 0.4) is 0 Å². The second-order valence-corrected chi connectivity index (χ2v) is 11.4. The van der Waals surface area contributed by atoms with E-state index < -0.39 is 0 Å². The molecule has 40 heavy (non-hydrogen) atoms. The number of benzene rings is 6. The largest absolute Gasteiger partial charge is 0.309 e. The minimum Gasteiger partial charge on any atom is -0.309 e. The molecule has 0 fully saturated rings. The molecule has 0 aliphatic heterocycles. The van der Waals surface area contributed by atoms with E-state index in [0.29, 0.717) is 5.52 Å². The molecule has 0 N–H and O–H groups in total. The molecule has 0 saturated carbocycles. The highest BCUT2D eigenvalue weighted by atomic mass is 32.1. The fourth-order valence-corrected chi connectivity index (χ4v) is 7.54. The van der Waals surface area contributed by atoms with E-state index in [2.05, 4.69) is 106 Å². The van der Waals surface area contributed by atoms with Crippen LogP contribution in [0.25, 0.3) is 75.2 Å². The van der Waals surface area contributed by atoms with Crippen molar-refractivity contribution in [1.29, 1.82) is 0 Å². The zero-order valence-electron chi connectivity index (χ0n) is 21.3. The lowest BCUT2D eigenvalue weighted by atomic mass is 10.1. The molecule has 4 heteroatoms. The molecule has 0 amide bonds. The van der Waals surface area contributed by atoms with Crippen LogP contribution in [0.15, 0.2) is 127 Å². The summed E-state index contributed by atoms with van der Waals surface area (Å²) in [7, 11) is 0. The Morgan fingerprint density at radius 1 is 0.425 bits per heavy atom. The van der Waals surface area contributed by atoms with Crippen molar-refractivity contribution in [3.05, 3.63) is 133 Å². The van der Waals surface area contributed by atoms with E-state index in [-0.39, 0.29) is 5.82 Å². The third-order valence-corrected chi connectivity index (χ3v) is 9.33. The number of fused-ring (bicyclic) bond motifs is 9. The quantitative estimate of drug-likeness (QED) is 0.210. The molecule has 9 rings (SSSR count). The molecule has 188 valence electrons. The van der Waals surface area contributed by atoms with Gasteiger partial charge in [0.1, 0.15) is 5.82 Å². The number of thiophene rings is 1. The van der Waals surface area contributed by atoms with Crippen molar-refractivity contribution in [3.63, 3.8) is 0 Å². The van der Waals surface area contributed by atoms with Gasteiger partial charge in [0, 0.05) is 53.1 Å². The topological polar surface area (TPSA) is 9.86 Å². The maximum Gasteiger partial charge on any atom is 0.147 e. The predicted octanol–water partition coefficient (Wildman–Crippen LogP) is 10.4. The number of hydrogen-bond acceptors (Lipinski definition) is 1. The first-order chi connectivity index (χ1) is 19.8. The molecule has 0 spiro atoms. The van der Waals surface area contributed by atoms with E-state index >= 15 is 4.39 Å². The van der Waals surface area contributed by atoms with E-state index in [0.717, 1.165) is 27.7 Å². The predicted molar refractivity (Wildman–Crippen MR) is 168 cm³/mol. The van der Waals surface area contributed by atoms with E-state index in [4.69, 9.17) is 0 Å². The average Bonchev–Trinajstić information content (AvgIpc) is 3.65. The average molecular weight is 533 g/mol. The third kappa shape index (κ3) is 2.91. The van der Waals surface area contributed by atoms with Crippen LogP contribution in [0.1, 0.15) is 0 Å². The number of para-hydroxylation sites is 4. The van der Waals surface area contributed by atoms with Crippen molar-refractivity contribution in [2.75, 3.05) is 0 Å². The van der Waals surface area contributed by atoms with Gasteiger partial charge in [0.25, 0.3) is 0 Å². The molecular formula is C36H21FN2S. The van der Waals surface area contributed by atoms with Crippen LogP contribution in [0.2, 0.25) is 0 Å². The Morgan fingerprint density at radius 2 is 0.900 bits per heavy atom. The van der Waals surface area contributed by atoms with Gasteiger partial charge in [0.05, 0.1) is 22.1 Å². The van der Waals surface area contributed by atoms with Gasteiger partial charge in [-0.25, -0.2) is 4.39 Å². The molecular weight excluding hydrogens is 511 g/mol. The van der Waals surface area contributed by atoms with Crippen LogP contribution in [-0.4, -0.2) is 9.13 Å². The fraction of sp³-hybridized carbons (Fsp3) is 0. The van der Waals surface area contributed by atoms with E-state index in [9.17, 15) is 0 Å². The highest BCUT2D eigenvalue weighted by molar-refractivity contribution is 7.25. The van der Waals surface area contributed by atoms with Crippen LogP contribution in [0.5, 0.6) is 0 Å². The van der Waals surface area contributed by atoms with Gasteiger partial charge >= 0.3 is 0 Å². The van der Waals surface area contributed by atoms with Crippen LogP contribution in [0, 0.1) is 5.82 Å². The molecule has 3 heterocycles. The molecule has 0 saturated heterocycles. The van der Waals surface area contributed by atoms with Crippen molar-refractivity contribution in [1.82, 2.24) is 9.13 Å². The molecule has 2 nitrogen and oxygen atoms in total. The summed E-state index contributed by atoms with van der Waals surface area (Å²) >= 11 is 1.80. The molecule has 3 aromatic heterocycles. The molecule has 0 aliphatic rings. The first kappa shape index (κ1) is 21.9. The van der Waals surface area contributed by atoms with Gasteiger partial charge in [-0.3, -0.25) is 0 Å². The Bertz CT molecular complexity index is 2400. The van der Waals surface area contributed by atoms with Crippen molar-refractivity contribution >= 4 is 75.1 Å². The molecule has 0 aliphatic carbocycles. The fourth-order valence-electron chi connectivity index (χ4n) is 6.48. The zero-order chi connectivity index (χ0) is 26.4. The zero-order valence-corrected chi connectivity index (χ0v) is 22.1. The molecule has 0 radical (unpaired) electrons. The summed E-state index contributed by atoms with van der Waals surface area (Å²) in [6, 6.07) is 44.0. The summed E-state index contributed by atoms with van der Waals surface area (Å²) in [5.74, 6) is -0.211. The third-order valence-electron chi connectivity index (χ3n) is 8.18. The van der Waals surface area contributed by atoms with Crippen molar-refractivity contribution in [3.8, 4) is 11.4 Å². The second kappa shape index (κ2) is 8.04. The Labute approximate surface area is 232 Å². The van der Waals surface area contributed by atoms with Crippen molar-refractivity contribution in [2.45, 2.75) is 0 Å². The monoisotopic (exact) mass is 532 g/mol. The van der Waals surface area contributed by atoms with Gasteiger partial charge in [0.2, 0.25) is 0 Å². The molecule has 9 aromatic rings. The van der Waals surface area contributed by atoms with E-state index in [1.165, 1.54) is 42.0 Å². The molecule has 0 bridgehead atoms. The first-order valence-corrected chi connectivity index (χ1v) is 14.2. The van der Waals surface area contributed by atoms with Gasteiger partial charge in [-0.1, -0.05) is 66.7 Å². The maximum absolute atomic E-state index is 15.3.